The molecule has 0 spiro atoms. The molecule has 0 amide bonds. The summed E-state index contributed by atoms with van der Waals surface area (Å²) >= 11 is 0. The van der Waals surface area contributed by atoms with Crippen LogP contribution in [0.5, 0.6) is 17.2 Å². The Kier molecular flexibility index (Phi) is 11.2. The van der Waals surface area contributed by atoms with Crippen LogP contribution in [0.2, 0.25) is 0 Å². The molecular weight excluding hydrogens is 560 g/mol. The van der Waals surface area contributed by atoms with Gasteiger partial charge < -0.3 is 28.6 Å². The number of rotatable bonds is 17. The Balaban J connectivity index is 1.56. The van der Waals surface area contributed by atoms with Gasteiger partial charge in [0.1, 0.15) is 0 Å². The number of ether oxygens (including phenoxy) is 3. The van der Waals surface area contributed by atoms with Gasteiger partial charge in [-0.05, 0) is 75.1 Å². The molecule has 0 fully saturated rings. The predicted molar refractivity (Wildman–Crippen MR) is 186 cm³/mol. The summed E-state index contributed by atoms with van der Waals surface area (Å²) < 4.78 is 19.8. The molecule has 238 valence electrons. The van der Waals surface area contributed by atoms with Crippen molar-refractivity contribution in [3.8, 4) is 17.2 Å². The van der Waals surface area contributed by atoms with Crippen LogP contribution in [-0.2, 0) is 19.5 Å². The molecular formula is C38H48N4O3. The normalized spacial score (nSPS) is 11.4. The van der Waals surface area contributed by atoms with E-state index in [1.807, 2.05) is 12.3 Å². The first kappa shape index (κ1) is 32.2. The lowest BCUT2D eigenvalue weighted by Gasteiger charge is -2.27. The summed E-state index contributed by atoms with van der Waals surface area (Å²) in [5.41, 5.74) is 4.84. The largest absolute Gasteiger partial charge is 0.493 e. The van der Waals surface area contributed by atoms with Crippen molar-refractivity contribution in [2.75, 3.05) is 52.4 Å². The Labute approximate surface area is 268 Å². The summed E-state index contributed by atoms with van der Waals surface area (Å²) in [4.78, 5) is 10.0. The minimum absolute atomic E-state index is 0.611. The Morgan fingerprint density at radius 1 is 0.711 bits per heavy atom. The molecule has 3 aromatic carbocycles. The van der Waals surface area contributed by atoms with Gasteiger partial charge >= 0.3 is 0 Å². The van der Waals surface area contributed by atoms with Crippen LogP contribution < -0.4 is 19.1 Å². The highest BCUT2D eigenvalue weighted by Crippen LogP contribution is 2.41. The van der Waals surface area contributed by atoms with Crippen LogP contribution in [0.15, 0.2) is 79.0 Å². The van der Waals surface area contributed by atoms with E-state index < -0.39 is 0 Å². The second-order valence-electron chi connectivity index (χ2n) is 11.4. The molecule has 0 aliphatic rings. The fourth-order valence-corrected chi connectivity index (χ4v) is 6.46. The van der Waals surface area contributed by atoms with Crippen LogP contribution in [0.1, 0.15) is 44.2 Å². The smallest absolute Gasteiger partial charge is 0.203 e. The van der Waals surface area contributed by atoms with E-state index in [2.05, 4.69) is 94.9 Å². The second kappa shape index (κ2) is 15.7. The third-order valence-corrected chi connectivity index (χ3v) is 8.84. The standard InChI is InChI=1S/C38H48N4O3/c1-6-40(7-2)25-13-14-26-41(28-30-21-22-34(43-3)37(45-5)36(30)44-4)38-35-32(23-24-39-38)31-19-11-12-20-33(31)42(35)27-15-18-29-16-9-8-10-17-29/h8-12,16-17,19-24H,6-7,13-15,18,25-28H2,1-5H3. The van der Waals surface area contributed by atoms with E-state index in [-0.39, 0.29) is 0 Å². The lowest BCUT2D eigenvalue weighted by Crippen LogP contribution is -2.28. The van der Waals surface area contributed by atoms with E-state index in [0.717, 1.165) is 69.8 Å². The molecule has 7 nitrogen and oxygen atoms in total. The highest BCUT2D eigenvalue weighted by molar-refractivity contribution is 6.11. The third kappa shape index (κ3) is 7.20. The summed E-state index contributed by atoms with van der Waals surface area (Å²) in [6.45, 7) is 10.1. The molecule has 0 unspecified atom stereocenters. The second-order valence-corrected chi connectivity index (χ2v) is 11.4. The molecule has 0 radical (unpaired) electrons. The van der Waals surface area contributed by atoms with Crippen molar-refractivity contribution in [2.24, 2.45) is 0 Å². The number of unbranched alkanes of at least 4 members (excludes halogenated alkanes) is 1. The molecule has 2 aromatic heterocycles. The van der Waals surface area contributed by atoms with Gasteiger partial charge in [-0.15, -0.1) is 0 Å². The van der Waals surface area contributed by atoms with Gasteiger partial charge in [0.2, 0.25) is 5.75 Å². The molecule has 0 N–H and O–H groups in total. The Morgan fingerprint density at radius 2 is 1.44 bits per heavy atom. The van der Waals surface area contributed by atoms with Gasteiger partial charge in [-0.3, -0.25) is 0 Å². The van der Waals surface area contributed by atoms with Crippen LogP contribution in [0.3, 0.4) is 0 Å². The lowest BCUT2D eigenvalue weighted by molar-refractivity contribution is 0.297. The minimum Gasteiger partial charge on any atom is -0.493 e. The van der Waals surface area contributed by atoms with Crippen molar-refractivity contribution in [3.05, 3.63) is 90.1 Å². The molecule has 5 rings (SSSR count). The van der Waals surface area contributed by atoms with Gasteiger partial charge in [0.25, 0.3) is 0 Å². The van der Waals surface area contributed by atoms with Crippen LogP contribution in [0, 0.1) is 0 Å². The van der Waals surface area contributed by atoms with E-state index >= 15 is 0 Å². The van der Waals surface area contributed by atoms with Crippen molar-refractivity contribution >= 4 is 27.6 Å². The molecule has 2 heterocycles. The minimum atomic E-state index is 0.611. The summed E-state index contributed by atoms with van der Waals surface area (Å²) in [5, 5.41) is 2.50. The first-order valence-electron chi connectivity index (χ1n) is 16.3. The van der Waals surface area contributed by atoms with Gasteiger partial charge in [-0.25, -0.2) is 4.98 Å². The number of aromatic nitrogens is 2. The van der Waals surface area contributed by atoms with Gasteiger partial charge in [-0.1, -0.05) is 62.4 Å². The first-order chi connectivity index (χ1) is 22.1. The van der Waals surface area contributed by atoms with Gasteiger partial charge in [0, 0.05) is 47.7 Å². The number of hydrogen-bond acceptors (Lipinski definition) is 6. The van der Waals surface area contributed by atoms with Crippen molar-refractivity contribution in [3.63, 3.8) is 0 Å². The third-order valence-electron chi connectivity index (χ3n) is 8.84. The van der Waals surface area contributed by atoms with E-state index in [1.54, 1.807) is 21.3 Å². The Morgan fingerprint density at radius 3 is 2.18 bits per heavy atom. The van der Waals surface area contributed by atoms with E-state index in [0.29, 0.717) is 23.8 Å². The maximum atomic E-state index is 5.92. The van der Waals surface area contributed by atoms with Gasteiger partial charge in [0.05, 0.1) is 26.8 Å². The number of methoxy groups -OCH3 is 3. The molecule has 0 aliphatic heterocycles. The highest BCUT2D eigenvalue weighted by Gasteiger charge is 2.22. The Hall–Kier alpha value is -4.23. The highest BCUT2D eigenvalue weighted by atomic mass is 16.5. The Bertz CT molecular complexity index is 1660. The van der Waals surface area contributed by atoms with Gasteiger partial charge in [-0.2, -0.15) is 0 Å². The lowest BCUT2D eigenvalue weighted by atomic mass is 10.1. The van der Waals surface area contributed by atoms with Crippen LogP contribution >= 0.6 is 0 Å². The van der Waals surface area contributed by atoms with E-state index in [9.17, 15) is 0 Å². The first-order valence-corrected chi connectivity index (χ1v) is 16.3. The van der Waals surface area contributed by atoms with Gasteiger partial charge in [0.15, 0.2) is 17.3 Å². The zero-order valence-corrected chi connectivity index (χ0v) is 27.6. The monoisotopic (exact) mass is 608 g/mol. The summed E-state index contributed by atoms with van der Waals surface area (Å²) in [6, 6.07) is 25.7. The topological polar surface area (TPSA) is 52.0 Å². The number of hydrogen-bond donors (Lipinski definition) is 0. The van der Waals surface area contributed by atoms with Crippen molar-refractivity contribution in [1.82, 2.24) is 14.5 Å². The maximum Gasteiger partial charge on any atom is 0.203 e. The molecule has 0 saturated carbocycles. The summed E-state index contributed by atoms with van der Waals surface area (Å²) in [6.07, 6.45) is 6.21. The molecule has 0 aliphatic carbocycles. The number of para-hydroxylation sites is 1. The molecule has 7 heteroatoms. The molecule has 45 heavy (non-hydrogen) atoms. The van der Waals surface area contributed by atoms with Crippen molar-refractivity contribution < 1.29 is 14.2 Å². The van der Waals surface area contributed by atoms with Crippen LogP contribution in [0.4, 0.5) is 5.82 Å². The SMILES string of the molecule is CCN(CC)CCCCN(Cc1ccc(OC)c(OC)c1OC)c1nccc2c3ccccc3n(CCCc3ccccc3)c12. The number of anilines is 1. The van der Waals surface area contributed by atoms with E-state index in [1.165, 1.54) is 27.4 Å². The zero-order chi connectivity index (χ0) is 31.6. The number of nitrogens with zero attached hydrogens (tertiary/aromatic N) is 4. The molecule has 0 atom stereocenters. The number of aryl methyl sites for hydroxylation is 2. The maximum absolute atomic E-state index is 5.92. The molecule has 0 bridgehead atoms. The number of fused-ring (bicyclic) bond motifs is 3. The summed E-state index contributed by atoms with van der Waals surface area (Å²) in [5.74, 6) is 2.96. The average Bonchev–Trinajstić information content (AvgIpc) is 3.41. The predicted octanol–water partition coefficient (Wildman–Crippen LogP) is 7.98. The zero-order valence-electron chi connectivity index (χ0n) is 27.6. The van der Waals surface area contributed by atoms with E-state index in [4.69, 9.17) is 19.2 Å². The van der Waals surface area contributed by atoms with Crippen molar-refractivity contribution in [1.29, 1.82) is 0 Å². The quantitative estimate of drug-likeness (QED) is 0.0998. The van der Waals surface area contributed by atoms with Crippen LogP contribution in [0.25, 0.3) is 21.8 Å². The average molecular weight is 609 g/mol. The number of pyridine rings is 1. The van der Waals surface area contributed by atoms with Crippen molar-refractivity contribution in [2.45, 2.75) is 52.6 Å². The van der Waals surface area contributed by atoms with Crippen LogP contribution in [-0.4, -0.2) is 62.0 Å². The fraction of sp³-hybridized carbons (Fsp3) is 0.395. The summed E-state index contributed by atoms with van der Waals surface area (Å²) in [7, 11) is 5.00. The fourth-order valence-electron chi connectivity index (χ4n) is 6.46. The molecule has 5 aromatic rings. The molecule has 0 saturated heterocycles. The number of benzene rings is 3.